The molecular formula is C20H22FN3O. The van der Waals surface area contributed by atoms with Gasteiger partial charge in [-0.2, -0.15) is 0 Å². The Bertz CT molecular complexity index is 901. The van der Waals surface area contributed by atoms with Crippen LogP contribution in [0.2, 0.25) is 0 Å². The Labute approximate surface area is 146 Å². The van der Waals surface area contributed by atoms with Crippen molar-refractivity contribution in [1.29, 1.82) is 0 Å². The van der Waals surface area contributed by atoms with Crippen molar-refractivity contribution < 1.29 is 9.18 Å². The van der Waals surface area contributed by atoms with Crippen LogP contribution in [-0.2, 0) is 4.79 Å². The molecule has 4 nitrogen and oxygen atoms in total. The molecule has 1 N–H and O–H groups in total. The van der Waals surface area contributed by atoms with Gasteiger partial charge in [0.05, 0.1) is 5.69 Å². The van der Waals surface area contributed by atoms with E-state index in [0.717, 1.165) is 16.9 Å². The Morgan fingerprint density at radius 1 is 1.24 bits per heavy atom. The van der Waals surface area contributed by atoms with Crippen molar-refractivity contribution >= 4 is 11.6 Å². The predicted molar refractivity (Wildman–Crippen MR) is 96.1 cm³/mol. The number of nitrogens with one attached hydrogen (secondary N) is 1. The van der Waals surface area contributed by atoms with E-state index in [1.54, 1.807) is 24.4 Å². The number of hydrogen-bond acceptors (Lipinski definition) is 2. The van der Waals surface area contributed by atoms with Crippen LogP contribution in [0, 0.1) is 12.7 Å². The second kappa shape index (κ2) is 7.05. The number of aromatic nitrogens is 2. The van der Waals surface area contributed by atoms with Crippen molar-refractivity contribution in [3.63, 3.8) is 0 Å². The topological polar surface area (TPSA) is 46.4 Å². The predicted octanol–water partition coefficient (Wildman–Crippen LogP) is 3.83. The first-order valence-corrected chi connectivity index (χ1v) is 8.43. The van der Waals surface area contributed by atoms with Crippen LogP contribution in [0.5, 0.6) is 0 Å². The second-order valence-corrected chi connectivity index (χ2v) is 6.57. The summed E-state index contributed by atoms with van der Waals surface area (Å²) in [5.41, 5.74) is 3.17. The normalized spacial score (nSPS) is 12.5. The number of pyridine rings is 1. The summed E-state index contributed by atoms with van der Waals surface area (Å²) in [6, 6.07) is 10.6. The second-order valence-electron chi connectivity index (χ2n) is 6.57. The van der Waals surface area contributed by atoms with Crippen LogP contribution in [0.1, 0.15) is 43.0 Å². The molecule has 0 saturated heterocycles. The molecule has 1 aromatic carbocycles. The molecule has 1 amide bonds. The van der Waals surface area contributed by atoms with Crippen LogP contribution in [0.25, 0.3) is 5.65 Å². The minimum Gasteiger partial charge on any atom is -0.354 e. The minimum atomic E-state index is -0.406. The fraction of sp³-hybridized carbons (Fsp3) is 0.300. The molecular weight excluding hydrogens is 317 g/mol. The number of rotatable bonds is 5. The van der Waals surface area contributed by atoms with E-state index in [2.05, 4.69) is 10.3 Å². The average molecular weight is 339 g/mol. The highest BCUT2D eigenvalue weighted by molar-refractivity contribution is 5.77. The molecule has 2 heterocycles. The summed E-state index contributed by atoms with van der Waals surface area (Å²) < 4.78 is 16.4. The number of carbonyl (C=O) groups excluding carboxylic acids is 1. The van der Waals surface area contributed by atoms with Gasteiger partial charge in [0.2, 0.25) is 5.91 Å². The van der Waals surface area contributed by atoms with E-state index in [9.17, 15) is 9.18 Å². The van der Waals surface area contributed by atoms with Crippen LogP contribution in [0.4, 0.5) is 4.39 Å². The molecule has 1 atom stereocenters. The van der Waals surface area contributed by atoms with Crippen molar-refractivity contribution in [1.82, 2.24) is 14.7 Å². The molecule has 0 radical (unpaired) electrons. The maximum atomic E-state index is 14.5. The highest BCUT2D eigenvalue weighted by atomic mass is 19.1. The lowest BCUT2D eigenvalue weighted by atomic mass is 9.91. The van der Waals surface area contributed by atoms with Gasteiger partial charge in [0, 0.05) is 30.8 Å². The van der Waals surface area contributed by atoms with Crippen molar-refractivity contribution in [3.05, 3.63) is 71.4 Å². The molecule has 3 rings (SSSR count). The average Bonchev–Trinajstić information content (AvgIpc) is 2.98. The largest absolute Gasteiger partial charge is 0.354 e. The first-order chi connectivity index (χ1) is 12.0. The molecule has 0 saturated carbocycles. The van der Waals surface area contributed by atoms with Gasteiger partial charge >= 0.3 is 0 Å². The molecule has 0 fully saturated rings. The van der Waals surface area contributed by atoms with Crippen molar-refractivity contribution in [2.24, 2.45) is 0 Å². The summed E-state index contributed by atoms with van der Waals surface area (Å²) in [5.74, 6) is -0.824. The third-order valence-electron chi connectivity index (χ3n) is 4.24. The van der Waals surface area contributed by atoms with Gasteiger partial charge in [0.15, 0.2) is 0 Å². The quantitative estimate of drug-likeness (QED) is 0.768. The fourth-order valence-corrected chi connectivity index (χ4v) is 3.13. The number of aryl methyl sites for hydroxylation is 1. The number of nitrogens with zero attached hydrogens (tertiary/aromatic N) is 2. The molecule has 5 heteroatoms. The van der Waals surface area contributed by atoms with Crippen molar-refractivity contribution in [2.45, 2.75) is 39.2 Å². The monoisotopic (exact) mass is 339 g/mol. The van der Waals surface area contributed by atoms with Crippen LogP contribution in [-0.4, -0.2) is 21.3 Å². The van der Waals surface area contributed by atoms with Crippen LogP contribution in [0.15, 0.2) is 48.8 Å². The van der Waals surface area contributed by atoms with Crippen molar-refractivity contribution in [3.8, 4) is 0 Å². The first-order valence-electron chi connectivity index (χ1n) is 8.43. The lowest BCUT2D eigenvalue weighted by molar-refractivity contribution is -0.121. The number of benzene rings is 1. The van der Waals surface area contributed by atoms with Gasteiger partial charge in [-0.3, -0.25) is 4.79 Å². The third-order valence-corrected chi connectivity index (χ3v) is 4.24. The summed E-state index contributed by atoms with van der Waals surface area (Å²) in [6.07, 6.45) is 3.81. The Morgan fingerprint density at radius 3 is 2.72 bits per heavy atom. The van der Waals surface area contributed by atoms with Gasteiger partial charge in [-0.05, 0) is 44.0 Å². The van der Waals surface area contributed by atoms with Crippen LogP contribution in [0.3, 0.4) is 0 Å². The molecule has 1 unspecified atom stereocenters. The van der Waals surface area contributed by atoms with E-state index in [1.807, 2.05) is 43.5 Å². The van der Waals surface area contributed by atoms with E-state index in [-0.39, 0.29) is 24.2 Å². The first kappa shape index (κ1) is 17.1. The summed E-state index contributed by atoms with van der Waals surface area (Å²) >= 11 is 0. The van der Waals surface area contributed by atoms with Crippen LogP contribution < -0.4 is 5.32 Å². The molecule has 3 aromatic rings. The van der Waals surface area contributed by atoms with E-state index in [1.165, 1.54) is 6.07 Å². The van der Waals surface area contributed by atoms with E-state index < -0.39 is 5.92 Å². The van der Waals surface area contributed by atoms with Crippen molar-refractivity contribution in [2.75, 3.05) is 0 Å². The standard InChI is InChI=1S/C20H22FN3O/c1-13(2)23-19(25)11-16(15-8-4-5-9-17(15)21)18-12-22-20-14(3)7-6-10-24(18)20/h4-10,12-13,16H,11H2,1-3H3,(H,23,25). The zero-order chi connectivity index (χ0) is 18.0. The Kier molecular flexibility index (Phi) is 4.83. The smallest absolute Gasteiger partial charge is 0.221 e. The molecule has 2 aromatic heterocycles. The number of halogens is 1. The molecule has 0 spiro atoms. The van der Waals surface area contributed by atoms with Gasteiger partial charge in [0.1, 0.15) is 11.5 Å². The number of carbonyl (C=O) groups is 1. The number of fused-ring (bicyclic) bond motifs is 1. The van der Waals surface area contributed by atoms with Gasteiger partial charge < -0.3 is 9.72 Å². The van der Waals surface area contributed by atoms with Gasteiger partial charge in [-0.15, -0.1) is 0 Å². The summed E-state index contributed by atoms with van der Waals surface area (Å²) in [7, 11) is 0. The Hall–Kier alpha value is -2.69. The van der Waals surface area contributed by atoms with Gasteiger partial charge in [-0.25, -0.2) is 9.37 Å². The molecule has 25 heavy (non-hydrogen) atoms. The maximum absolute atomic E-state index is 14.5. The highest BCUT2D eigenvalue weighted by Gasteiger charge is 2.24. The summed E-state index contributed by atoms with van der Waals surface area (Å²) in [6.45, 7) is 5.80. The highest BCUT2D eigenvalue weighted by Crippen LogP contribution is 2.31. The Morgan fingerprint density at radius 2 is 2.00 bits per heavy atom. The van der Waals surface area contributed by atoms with E-state index in [4.69, 9.17) is 0 Å². The third kappa shape index (κ3) is 3.55. The van der Waals surface area contributed by atoms with Crippen LogP contribution >= 0.6 is 0 Å². The Balaban J connectivity index is 2.08. The fourth-order valence-electron chi connectivity index (χ4n) is 3.13. The molecule has 0 aliphatic carbocycles. The van der Waals surface area contributed by atoms with Gasteiger partial charge in [-0.1, -0.05) is 24.3 Å². The minimum absolute atomic E-state index is 0.0400. The zero-order valence-corrected chi connectivity index (χ0v) is 14.7. The molecule has 0 aliphatic heterocycles. The lowest BCUT2D eigenvalue weighted by Gasteiger charge is -2.19. The summed E-state index contributed by atoms with van der Waals surface area (Å²) in [5, 5.41) is 2.89. The van der Waals surface area contributed by atoms with E-state index in [0.29, 0.717) is 5.56 Å². The van der Waals surface area contributed by atoms with E-state index >= 15 is 0 Å². The summed E-state index contributed by atoms with van der Waals surface area (Å²) in [4.78, 5) is 16.9. The SMILES string of the molecule is Cc1cccn2c(C(CC(=O)NC(C)C)c3ccccc3F)cnc12. The molecule has 0 bridgehead atoms. The number of imidazole rings is 1. The maximum Gasteiger partial charge on any atom is 0.221 e. The molecule has 0 aliphatic rings. The number of hydrogen-bond donors (Lipinski definition) is 1. The number of amides is 1. The van der Waals surface area contributed by atoms with Gasteiger partial charge in [0.25, 0.3) is 0 Å². The lowest BCUT2D eigenvalue weighted by Crippen LogP contribution is -2.31. The zero-order valence-electron chi connectivity index (χ0n) is 14.7. The molecule has 130 valence electrons.